The number of aliphatic hydroxyl groups is 1. The molecule has 150 valence electrons. The molecule has 0 saturated carbocycles. The highest BCUT2D eigenvalue weighted by molar-refractivity contribution is 5.76. The van der Waals surface area contributed by atoms with Crippen molar-refractivity contribution in [3.63, 3.8) is 0 Å². The summed E-state index contributed by atoms with van der Waals surface area (Å²) in [6.45, 7) is 8.67. The minimum atomic E-state index is -0.502. The topological polar surface area (TPSA) is 71.0 Å². The predicted octanol–water partition coefficient (Wildman–Crippen LogP) is 1.71. The third-order valence-electron chi connectivity index (χ3n) is 6.31. The third kappa shape index (κ3) is 3.76. The number of carbonyl (C=O) groups is 1. The molecule has 4 atom stereocenters. The summed E-state index contributed by atoms with van der Waals surface area (Å²) in [5.74, 6) is -0.0401. The molecule has 27 heavy (non-hydrogen) atoms. The number of nitrogens with one attached hydrogen (secondary N) is 1. The van der Waals surface area contributed by atoms with Crippen LogP contribution in [-0.2, 0) is 20.8 Å². The van der Waals surface area contributed by atoms with Crippen molar-refractivity contribution in [2.45, 2.75) is 76.2 Å². The molecule has 2 N–H and O–H groups in total. The average molecular weight is 376 g/mol. The van der Waals surface area contributed by atoms with Crippen LogP contribution in [0.5, 0.6) is 0 Å². The van der Waals surface area contributed by atoms with E-state index in [1.54, 1.807) is 7.05 Å². The number of likely N-dealkylation sites (tertiary alicyclic amines) is 1. The minimum Gasteiger partial charge on any atom is -0.395 e. The van der Waals surface area contributed by atoms with Crippen LogP contribution in [0.1, 0.15) is 39.7 Å². The molecule has 0 spiro atoms. The maximum Gasteiger partial charge on any atom is 0.221 e. The van der Waals surface area contributed by atoms with E-state index in [-0.39, 0.29) is 36.8 Å². The van der Waals surface area contributed by atoms with Gasteiger partial charge in [0.1, 0.15) is 12.2 Å². The molecule has 2 aliphatic rings. The van der Waals surface area contributed by atoms with Gasteiger partial charge >= 0.3 is 0 Å². The summed E-state index contributed by atoms with van der Waals surface area (Å²) in [5.41, 5.74) is 0.134. The average Bonchev–Trinajstić information content (AvgIpc) is 2.87. The van der Waals surface area contributed by atoms with Gasteiger partial charge in [-0.2, -0.15) is 0 Å². The van der Waals surface area contributed by atoms with Gasteiger partial charge in [-0.15, -0.1) is 0 Å². The van der Waals surface area contributed by atoms with Gasteiger partial charge in [0.25, 0.3) is 0 Å². The van der Waals surface area contributed by atoms with Crippen molar-refractivity contribution in [2.24, 2.45) is 0 Å². The van der Waals surface area contributed by atoms with Crippen molar-refractivity contribution in [1.82, 2.24) is 10.2 Å². The molecule has 0 unspecified atom stereocenters. The van der Waals surface area contributed by atoms with Gasteiger partial charge in [0.05, 0.1) is 23.9 Å². The Hall–Kier alpha value is -1.47. The van der Waals surface area contributed by atoms with Crippen molar-refractivity contribution in [3.8, 4) is 0 Å². The zero-order valence-corrected chi connectivity index (χ0v) is 16.9. The number of amides is 1. The zero-order chi connectivity index (χ0) is 19.8. The van der Waals surface area contributed by atoms with E-state index in [1.807, 2.05) is 45.9 Å². The lowest BCUT2D eigenvalue weighted by Gasteiger charge is -2.51. The Balaban J connectivity index is 1.95. The number of hydrogen-bond donors (Lipinski definition) is 2. The fourth-order valence-electron chi connectivity index (χ4n) is 4.08. The van der Waals surface area contributed by atoms with Crippen LogP contribution in [0.3, 0.4) is 0 Å². The quantitative estimate of drug-likeness (QED) is 0.819. The van der Waals surface area contributed by atoms with E-state index in [0.29, 0.717) is 13.0 Å². The number of aliphatic hydroxyl groups excluding tert-OH is 1. The molecule has 2 saturated heterocycles. The monoisotopic (exact) mass is 376 g/mol. The van der Waals surface area contributed by atoms with E-state index in [2.05, 4.69) is 22.3 Å². The van der Waals surface area contributed by atoms with Crippen molar-refractivity contribution < 1.29 is 19.4 Å². The van der Waals surface area contributed by atoms with E-state index in [4.69, 9.17) is 9.47 Å². The molecule has 1 aromatic rings. The first-order valence-electron chi connectivity index (χ1n) is 9.67. The number of nitrogens with zero attached hydrogens (tertiary/aromatic N) is 1. The zero-order valence-electron chi connectivity index (χ0n) is 16.9. The third-order valence-corrected chi connectivity index (χ3v) is 6.31. The molecule has 1 aromatic carbocycles. The molecule has 0 aromatic heterocycles. The molecule has 6 nitrogen and oxygen atoms in total. The van der Waals surface area contributed by atoms with Gasteiger partial charge in [-0.05, 0) is 33.3 Å². The summed E-state index contributed by atoms with van der Waals surface area (Å²) in [6, 6.07) is 9.71. The van der Waals surface area contributed by atoms with Crippen LogP contribution in [0.25, 0.3) is 0 Å². The highest BCUT2D eigenvalue weighted by Gasteiger charge is 2.59. The maximum atomic E-state index is 12.2. The molecule has 3 rings (SSSR count). The SMILES string of the molecule is CNC(=O)C[C@@H]1[C@H]2OC(C)(C)C(C)(C)O[C@@H]2[C@@H](CO)N1Cc1ccccc1. The standard InChI is InChI=1S/C21H32N2O4/c1-20(2)21(3,4)27-19-16(13-24)23(12-14-9-7-6-8-10-14)15(18(19)26-20)11-17(25)22-5/h6-10,15-16,18-19,24H,11-13H2,1-5H3,(H,22,25)/t15-,16-,18-,19-/m1/s1. The predicted molar refractivity (Wildman–Crippen MR) is 103 cm³/mol. The Bertz CT molecular complexity index is 661. The first-order chi connectivity index (χ1) is 12.7. The number of fused-ring (bicyclic) bond motifs is 1. The highest BCUT2D eigenvalue weighted by atomic mass is 16.6. The molecular formula is C21H32N2O4. The van der Waals surface area contributed by atoms with Crippen LogP contribution in [-0.4, -0.2) is 65.1 Å². The van der Waals surface area contributed by atoms with Crippen molar-refractivity contribution in [1.29, 1.82) is 0 Å². The summed E-state index contributed by atoms with van der Waals surface area (Å²) in [7, 11) is 1.64. The lowest BCUT2D eigenvalue weighted by molar-refractivity contribution is -0.290. The minimum absolute atomic E-state index is 0.0401. The lowest BCUT2D eigenvalue weighted by Crippen LogP contribution is -2.62. The molecule has 2 heterocycles. The Labute approximate surface area is 161 Å². The van der Waals surface area contributed by atoms with Crippen LogP contribution in [0.2, 0.25) is 0 Å². The highest BCUT2D eigenvalue weighted by Crippen LogP contribution is 2.45. The van der Waals surface area contributed by atoms with Crippen molar-refractivity contribution in [2.75, 3.05) is 13.7 Å². The summed E-state index contributed by atoms with van der Waals surface area (Å²) in [6.07, 6.45) is -0.247. The lowest BCUT2D eigenvalue weighted by atomic mass is 9.85. The molecule has 2 aliphatic heterocycles. The number of ether oxygens (including phenoxy) is 2. The molecule has 0 radical (unpaired) electrons. The second-order valence-corrected chi connectivity index (χ2v) is 8.54. The van der Waals surface area contributed by atoms with Gasteiger partial charge in [0.15, 0.2) is 0 Å². The fourth-order valence-corrected chi connectivity index (χ4v) is 4.08. The number of benzene rings is 1. The van der Waals surface area contributed by atoms with Crippen LogP contribution >= 0.6 is 0 Å². The molecule has 2 fully saturated rings. The number of carbonyl (C=O) groups excluding carboxylic acids is 1. The normalized spacial score (nSPS) is 32.1. The second-order valence-electron chi connectivity index (χ2n) is 8.54. The molecule has 0 bridgehead atoms. The van der Waals surface area contributed by atoms with Gasteiger partial charge < -0.3 is 19.9 Å². The Morgan fingerprint density at radius 1 is 1.07 bits per heavy atom. The van der Waals surface area contributed by atoms with Crippen LogP contribution < -0.4 is 5.32 Å². The molecule has 0 aliphatic carbocycles. The van der Waals surface area contributed by atoms with E-state index < -0.39 is 11.2 Å². The first kappa shape index (κ1) is 20.3. The van der Waals surface area contributed by atoms with Crippen LogP contribution in [0, 0.1) is 0 Å². The fraction of sp³-hybridized carbons (Fsp3) is 0.667. The van der Waals surface area contributed by atoms with Gasteiger partial charge in [-0.25, -0.2) is 0 Å². The van der Waals surface area contributed by atoms with E-state index >= 15 is 0 Å². The Kier molecular flexibility index (Phi) is 5.64. The molecule has 1 amide bonds. The summed E-state index contributed by atoms with van der Waals surface area (Å²) in [5, 5.41) is 12.9. The Morgan fingerprint density at radius 3 is 2.15 bits per heavy atom. The second kappa shape index (κ2) is 7.51. The van der Waals surface area contributed by atoms with Crippen molar-refractivity contribution >= 4 is 5.91 Å². The summed E-state index contributed by atoms with van der Waals surface area (Å²) < 4.78 is 13.0. The van der Waals surface area contributed by atoms with Crippen LogP contribution in [0.15, 0.2) is 30.3 Å². The van der Waals surface area contributed by atoms with Gasteiger partial charge in [0.2, 0.25) is 5.91 Å². The maximum absolute atomic E-state index is 12.2. The van der Waals surface area contributed by atoms with Gasteiger partial charge in [-0.3, -0.25) is 9.69 Å². The summed E-state index contributed by atoms with van der Waals surface area (Å²) >= 11 is 0. The van der Waals surface area contributed by atoms with E-state index in [9.17, 15) is 9.90 Å². The van der Waals surface area contributed by atoms with Crippen molar-refractivity contribution in [3.05, 3.63) is 35.9 Å². The van der Waals surface area contributed by atoms with Gasteiger partial charge in [0, 0.05) is 26.1 Å². The van der Waals surface area contributed by atoms with Crippen LogP contribution in [0.4, 0.5) is 0 Å². The largest absolute Gasteiger partial charge is 0.395 e. The van der Waals surface area contributed by atoms with E-state index in [0.717, 1.165) is 5.56 Å². The number of hydrogen-bond acceptors (Lipinski definition) is 5. The summed E-state index contributed by atoms with van der Waals surface area (Å²) in [4.78, 5) is 14.4. The van der Waals surface area contributed by atoms with E-state index in [1.165, 1.54) is 0 Å². The smallest absolute Gasteiger partial charge is 0.221 e. The van der Waals surface area contributed by atoms with Gasteiger partial charge in [-0.1, -0.05) is 30.3 Å². The molecular weight excluding hydrogens is 344 g/mol. The first-order valence-corrected chi connectivity index (χ1v) is 9.67. The Morgan fingerprint density at radius 2 is 1.63 bits per heavy atom. The number of rotatable bonds is 5. The molecule has 6 heteroatoms.